The minimum atomic E-state index is -1.12. The van der Waals surface area contributed by atoms with E-state index < -0.39 is 12.1 Å². The molecule has 120 valence electrons. The number of anilines is 1. The third kappa shape index (κ3) is 3.36. The Labute approximate surface area is 128 Å². The van der Waals surface area contributed by atoms with Crippen LogP contribution in [0.5, 0.6) is 0 Å². The topological polar surface area (TPSA) is 92.9 Å². The van der Waals surface area contributed by atoms with E-state index in [1.54, 1.807) is 12.1 Å². The van der Waals surface area contributed by atoms with Crippen LogP contribution in [-0.4, -0.2) is 42.3 Å². The number of methoxy groups -OCH3 is 1. The Balaban J connectivity index is 2.09. The van der Waals surface area contributed by atoms with Gasteiger partial charge in [-0.2, -0.15) is 0 Å². The van der Waals surface area contributed by atoms with Gasteiger partial charge in [0.05, 0.1) is 12.0 Å². The number of nitro benzene ring substituents is 1. The second kappa shape index (κ2) is 6.74. The molecule has 0 aromatic heterocycles. The van der Waals surface area contributed by atoms with Gasteiger partial charge in [0.15, 0.2) is 6.10 Å². The molecule has 0 amide bonds. The van der Waals surface area contributed by atoms with E-state index in [0.29, 0.717) is 31.6 Å². The Bertz CT molecular complexity index is 567. The first-order valence-electron chi connectivity index (χ1n) is 7.20. The maximum absolute atomic E-state index is 11.4. The highest BCUT2D eigenvalue weighted by Gasteiger charge is 2.32. The number of nitrogens with zero attached hydrogens (tertiary/aromatic N) is 2. The van der Waals surface area contributed by atoms with Crippen LogP contribution in [0.25, 0.3) is 0 Å². The zero-order valence-electron chi connectivity index (χ0n) is 12.7. The van der Waals surface area contributed by atoms with Crippen molar-refractivity contribution in [2.45, 2.75) is 25.9 Å². The van der Waals surface area contributed by atoms with Crippen LogP contribution in [0.4, 0.5) is 11.4 Å². The fourth-order valence-electron chi connectivity index (χ4n) is 2.82. The summed E-state index contributed by atoms with van der Waals surface area (Å²) in [6, 6.07) is 5.16. The Morgan fingerprint density at radius 2 is 2.09 bits per heavy atom. The van der Waals surface area contributed by atoms with Gasteiger partial charge in [-0.25, -0.2) is 4.79 Å². The molecule has 0 aliphatic carbocycles. The van der Waals surface area contributed by atoms with Crippen molar-refractivity contribution >= 4 is 17.3 Å². The van der Waals surface area contributed by atoms with E-state index in [2.05, 4.69) is 4.74 Å². The van der Waals surface area contributed by atoms with Crippen LogP contribution < -0.4 is 4.90 Å². The zero-order valence-corrected chi connectivity index (χ0v) is 12.7. The predicted octanol–water partition coefficient (Wildman–Crippen LogP) is 1.65. The molecule has 22 heavy (non-hydrogen) atoms. The van der Waals surface area contributed by atoms with Crippen LogP contribution >= 0.6 is 0 Å². The van der Waals surface area contributed by atoms with Crippen LogP contribution in [-0.2, 0) is 9.53 Å². The third-order valence-corrected chi connectivity index (χ3v) is 4.10. The molecule has 0 radical (unpaired) electrons. The summed E-state index contributed by atoms with van der Waals surface area (Å²) in [5, 5.41) is 21.1. The number of esters is 1. The maximum Gasteiger partial charge on any atom is 0.334 e. The van der Waals surface area contributed by atoms with Crippen molar-refractivity contribution in [1.82, 2.24) is 0 Å². The molecular formula is C15H20N2O5. The highest BCUT2D eigenvalue weighted by atomic mass is 16.6. The molecular weight excluding hydrogens is 288 g/mol. The molecule has 1 aliphatic heterocycles. The summed E-state index contributed by atoms with van der Waals surface area (Å²) in [5.74, 6) is -0.798. The highest BCUT2D eigenvalue weighted by Crippen LogP contribution is 2.33. The number of carbonyl (C=O) groups excluding carboxylic acids is 1. The minimum Gasteiger partial charge on any atom is -0.467 e. The molecule has 1 fully saturated rings. The average molecular weight is 308 g/mol. The van der Waals surface area contributed by atoms with E-state index in [-0.39, 0.29) is 16.5 Å². The van der Waals surface area contributed by atoms with Crippen molar-refractivity contribution in [2.24, 2.45) is 5.92 Å². The molecule has 1 heterocycles. The molecule has 1 aliphatic rings. The first kappa shape index (κ1) is 16.2. The number of aryl methyl sites for hydroxylation is 1. The summed E-state index contributed by atoms with van der Waals surface area (Å²) in [5.41, 5.74) is 1.51. The van der Waals surface area contributed by atoms with E-state index >= 15 is 0 Å². The molecule has 1 atom stereocenters. The molecule has 0 saturated carbocycles. The van der Waals surface area contributed by atoms with Crippen molar-refractivity contribution in [3.8, 4) is 0 Å². The fourth-order valence-corrected chi connectivity index (χ4v) is 2.82. The lowest BCUT2D eigenvalue weighted by atomic mass is 9.91. The van der Waals surface area contributed by atoms with Crippen molar-refractivity contribution in [3.05, 3.63) is 33.9 Å². The quantitative estimate of drug-likeness (QED) is 0.516. The molecule has 7 nitrogen and oxygen atoms in total. The molecule has 1 N–H and O–H groups in total. The van der Waals surface area contributed by atoms with Crippen molar-refractivity contribution in [3.63, 3.8) is 0 Å². The number of hydrogen-bond donors (Lipinski definition) is 1. The molecule has 1 aromatic rings. The van der Waals surface area contributed by atoms with Gasteiger partial charge in [-0.15, -0.1) is 0 Å². The van der Waals surface area contributed by atoms with Crippen molar-refractivity contribution in [1.29, 1.82) is 0 Å². The van der Waals surface area contributed by atoms with Gasteiger partial charge in [0, 0.05) is 19.2 Å². The van der Waals surface area contributed by atoms with Gasteiger partial charge in [0.25, 0.3) is 5.69 Å². The molecule has 0 spiro atoms. The van der Waals surface area contributed by atoms with Gasteiger partial charge in [0.2, 0.25) is 0 Å². The Morgan fingerprint density at radius 3 is 2.64 bits per heavy atom. The van der Waals surface area contributed by atoms with Gasteiger partial charge in [-0.3, -0.25) is 10.1 Å². The lowest BCUT2D eigenvalue weighted by Crippen LogP contribution is -2.41. The summed E-state index contributed by atoms with van der Waals surface area (Å²) in [6.45, 7) is 2.93. The lowest BCUT2D eigenvalue weighted by molar-refractivity contribution is -0.384. The number of rotatable bonds is 4. The molecule has 7 heteroatoms. The van der Waals surface area contributed by atoms with Crippen molar-refractivity contribution in [2.75, 3.05) is 25.1 Å². The smallest absolute Gasteiger partial charge is 0.334 e. The SMILES string of the molecule is COC(=O)C(O)C1CCN(c2ccc(C)cc2[N+](=O)[O-])CC1. The van der Waals surface area contributed by atoms with Gasteiger partial charge < -0.3 is 14.7 Å². The Morgan fingerprint density at radius 1 is 1.45 bits per heavy atom. The number of hydrogen-bond acceptors (Lipinski definition) is 6. The van der Waals surface area contributed by atoms with Crippen molar-refractivity contribution < 1.29 is 19.6 Å². The largest absolute Gasteiger partial charge is 0.467 e. The zero-order chi connectivity index (χ0) is 16.3. The number of carbonyl (C=O) groups is 1. The molecule has 1 saturated heterocycles. The number of piperidine rings is 1. The normalized spacial score (nSPS) is 17.1. The van der Waals surface area contributed by atoms with Crippen LogP contribution in [0, 0.1) is 23.0 Å². The van der Waals surface area contributed by atoms with E-state index in [1.165, 1.54) is 7.11 Å². The lowest BCUT2D eigenvalue weighted by Gasteiger charge is -2.34. The number of benzene rings is 1. The first-order chi connectivity index (χ1) is 10.4. The van der Waals surface area contributed by atoms with Crippen LogP contribution in [0.1, 0.15) is 18.4 Å². The number of aliphatic hydroxyl groups is 1. The fraction of sp³-hybridized carbons (Fsp3) is 0.533. The van der Waals surface area contributed by atoms with Gasteiger partial charge in [0.1, 0.15) is 5.69 Å². The number of aliphatic hydroxyl groups excluding tert-OH is 1. The summed E-state index contributed by atoms with van der Waals surface area (Å²) in [7, 11) is 1.25. The predicted molar refractivity (Wildman–Crippen MR) is 80.8 cm³/mol. The standard InChI is InChI=1S/C15H20N2O5/c1-10-3-4-12(13(9-10)17(20)21)16-7-5-11(6-8-16)14(18)15(19)22-2/h3-4,9,11,14,18H,5-8H2,1-2H3. The average Bonchev–Trinajstić information content (AvgIpc) is 2.53. The van der Waals surface area contributed by atoms with E-state index in [0.717, 1.165) is 5.56 Å². The van der Waals surface area contributed by atoms with Crippen LogP contribution in [0.15, 0.2) is 18.2 Å². The van der Waals surface area contributed by atoms with Gasteiger partial charge in [-0.1, -0.05) is 6.07 Å². The molecule has 1 unspecified atom stereocenters. The van der Waals surface area contributed by atoms with Gasteiger partial charge >= 0.3 is 5.97 Å². The van der Waals surface area contributed by atoms with Crippen LogP contribution in [0.3, 0.4) is 0 Å². The number of ether oxygens (including phenoxy) is 1. The van der Waals surface area contributed by atoms with Gasteiger partial charge in [-0.05, 0) is 37.3 Å². The summed E-state index contributed by atoms with van der Waals surface area (Å²) in [6.07, 6.45) is 0.0444. The first-order valence-corrected chi connectivity index (χ1v) is 7.20. The summed E-state index contributed by atoms with van der Waals surface area (Å²) >= 11 is 0. The minimum absolute atomic E-state index is 0.0898. The summed E-state index contributed by atoms with van der Waals surface area (Å²) in [4.78, 5) is 24.1. The Hall–Kier alpha value is -2.15. The highest BCUT2D eigenvalue weighted by molar-refractivity contribution is 5.74. The Kier molecular flexibility index (Phi) is 4.97. The second-order valence-electron chi connectivity index (χ2n) is 5.54. The summed E-state index contributed by atoms with van der Waals surface area (Å²) < 4.78 is 4.55. The van der Waals surface area contributed by atoms with Crippen LogP contribution in [0.2, 0.25) is 0 Å². The van der Waals surface area contributed by atoms with E-state index in [1.807, 2.05) is 17.9 Å². The molecule has 0 bridgehead atoms. The second-order valence-corrected chi connectivity index (χ2v) is 5.54. The maximum atomic E-state index is 11.4. The molecule has 2 rings (SSSR count). The van der Waals surface area contributed by atoms with E-state index in [4.69, 9.17) is 0 Å². The molecule has 1 aromatic carbocycles. The van der Waals surface area contributed by atoms with E-state index in [9.17, 15) is 20.0 Å². The number of nitro groups is 1. The monoisotopic (exact) mass is 308 g/mol. The third-order valence-electron chi connectivity index (χ3n) is 4.10.